The molecule has 0 bridgehead atoms. The number of rotatable bonds is 3. The lowest BCUT2D eigenvalue weighted by atomic mass is 9.94. The van der Waals surface area contributed by atoms with Gasteiger partial charge in [0.25, 0.3) is 0 Å². The SMILES string of the molecule is CCC1CN(Cc2ccc(F)c(Cl)c2)CCC1=O. The third-order valence-electron chi connectivity index (χ3n) is 3.49. The molecule has 18 heavy (non-hydrogen) atoms. The lowest BCUT2D eigenvalue weighted by Crippen LogP contribution is -2.40. The van der Waals surface area contributed by atoms with E-state index >= 15 is 0 Å². The average molecular weight is 270 g/mol. The van der Waals surface area contributed by atoms with Gasteiger partial charge in [0.2, 0.25) is 0 Å². The maximum Gasteiger partial charge on any atom is 0.141 e. The Hall–Kier alpha value is -0.930. The molecule has 1 aliphatic rings. The maximum absolute atomic E-state index is 13.1. The Morgan fingerprint density at radius 1 is 1.50 bits per heavy atom. The van der Waals surface area contributed by atoms with Gasteiger partial charge >= 0.3 is 0 Å². The molecule has 0 N–H and O–H groups in total. The van der Waals surface area contributed by atoms with E-state index in [1.165, 1.54) is 6.07 Å². The van der Waals surface area contributed by atoms with Crippen LogP contribution in [0.2, 0.25) is 5.02 Å². The van der Waals surface area contributed by atoms with Gasteiger partial charge in [0, 0.05) is 32.0 Å². The van der Waals surface area contributed by atoms with Crippen molar-refractivity contribution >= 4 is 17.4 Å². The Kier molecular flexibility index (Phi) is 4.36. The Labute approximate surface area is 112 Å². The number of halogens is 2. The molecule has 1 aliphatic heterocycles. The van der Waals surface area contributed by atoms with Crippen LogP contribution in [0.25, 0.3) is 0 Å². The van der Waals surface area contributed by atoms with Crippen molar-refractivity contribution < 1.29 is 9.18 Å². The molecule has 0 aromatic heterocycles. The molecular weight excluding hydrogens is 253 g/mol. The minimum atomic E-state index is -0.388. The lowest BCUT2D eigenvalue weighted by Gasteiger charge is -2.31. The minimum Gasteiger partial charge on any atom is -0.299 e. The van der Waals surface area contributed by atoms with Gasteiger partial charge in [-0.15, -0.1) is 0 Å². The normalized spacial score (nSPS) is 21.3. The second kappa shape index (κ2) is 5.81. The predicted molar refractivity (Wildman–Crippen MR) is 70.1 cm³/mol. The van der Waals surface area contributed by atoms with Crippen molar-refractivity contribution in [2.75, 3.05) is 13.1 Å². The molecule has 0 saturated carbocycles. The van der Waals surface area contributed by atoms with Gasteiger partial charge in [-0.25, -0.2) is 4.39 Å². The highest BCUT2D eigenvalue weighted by Crippen LogP contribution is 2.21. The summed E-state index contributed by atoms with van der Waals surface area (Å²) in [6.07, 6.45) is 1.51. The summed E-state index contributed by atoms with van der Waals surface area (Å²) in [4.78, 5) is 13.9. The van der Waals surface area contributed by atoms with Crippen LogP contribution in [0.3, 0.4) is 0 Å². The first-order valence-electron chi connectivity index (χ1n) is 6.29. The smallest absolute Gasteiger partial charge is 0.141 e. The summed E-state index contributed by atoms with van der Waals surface area (Å²) in [5, 5.41) is 0.160. The number of nitrogens with zero attached hydrogens (tertiary/aromatic N) is 1. The molecule has 4 heteroatoms. The third kappa shape index (κ3) is 3.09. The lowest BCUT2D eigenvalue weighted by molar-refractivity contribution is -0.126. The highest BCUT2D eigenvalue weighted by atomic mass is 35.5. The summed E-state index contributed by atoms with van der Waals surface area (Å²) in [5.41, 5.74) is 0.991. The van der Waals surface area contributed by atoms with Gasteiger partial charge in [-0.2, -0.15) is 0 Å². The zero-order valence-corrected chi connectivity index (χ0v) is 11.2. The molecular formula is C14H17ClFNO. The summed E-state index contributed by atoms with van der Waals surface area (Å²) in [5.74, 6) is 0.126. The van der Waals surface area contributed by atoms with E-state index in [-0.39, 0.29) is 16.8 Å². The zero-order valence-electron chi connectivity index (χ0n) is 10.5. The molecule has 98 valence electrons. The predicted octanol–water partition coefficient (Wildman–Crippen LogP) is 3.28. The van der Waals surface area contributed by atoms with Crippen molar-refractivity contribution in [3.63, 3.8) is 0 Å². The van der Waals surface area contributed by atoms with Crippen molar-refractivity contribution in [2.24, 2.45) is 5.92 Å². The molecule has 1 heterocycles. The van der Waals surface area contributed by atoms with E-state index in [0.29, 0.717) is 12.2 Å². The van der Waals surface area contributed by atoms with Crippen LogP contribution in [0.4, 0.5) is 4.39 Å². The van der Waals surface area contributed by atoms with Crippen molar-refractivity contribution in [2.45, 2.75) is 26.3 Å². The van der Waals surface area contributed by atoms with E-state index in [1.807, 2.05) is 6.92 Å². The Bertz CT molecular complexity index is 449. The maximum atomic E-state index is 13.1. The van der Waals surface area contributed by atoms with Crippen LogP contribution < -0.4 is 0 Å². The van der Waals surface area contributed by atoms with E-state index in [0.717, 1.165) is 31.6 Å². The molecule has 2 nitrogen and oxygen atoms in total. The molecule has 1 unspecified atom stereocenters. The Morgan fingerprint density at radius 2 is 2.28 bits per heavy atom. The summed E-state index contributed by atoms with van der Waals surface area (Å²) in [6, 6.07) is 4.80. The number of hydrogen-bond donors (Lipinski definition) is 0. The quantitative estimate of drug-likeness (QED) is 0.839. The first kappa shape index (κ1) is 13.5. The van der Waals surface area contributed by atoms with Crippen LogP contribution in [-0.4, -0.2) is 23.8 Å². The molecule has 1 aromatic rings. The molecule has 1 fully saturated rings. The highest BCUT2D eigenvalue weighted by molar-refractivity contribution is 6.30. The van der Waals surface area contributed by atoms with Crippen LogP contribution in [0.15, 0.2) is 18.2 Å². The molecule has 1 atom stereocenters. The van der Waals surface area contributed by atoms with Crippen LogP contribution >= 0.6 is 11.6 Å². The highest BCUT2D eigenvalue weighted by Gasteiger charge is 2.25. The van der Waals surface area contributed by atoms with E-state index in [4.69, 9.17) is 11.6 Å². The number of piperidine rings is 1. The third-order valence-corrected chi connectivity index (χ3v) is 3.78. The second-order valence-corrected chi connectivity index (χ2v) is 5.21. The molecule has 0 radical (unpaired) electrons. The number of carbonyl (C=O) groups is 1. The number of benzene rings is 1. The van der Waals surface area contributed by atoms with E-state index in [2.05, 4.69) is 4.90 Å². The fraction of sp³-hybridized carbons (Fsp3) is 0.500. The molecule has 0 spiro atoms. The van der Waals surface area contributed by atoms with Gasteiger partial charge in [-0.05, 0) is 24.1 Å². The number of hydrogen-bond acceptors (Lipinski definition) is 2. The molecule has 1 saturated heterocycles. The number of Topliss-reactive ketones (excluding diaryl/α,β-unsaturated/α-hetero) is 1. The molecule has 1 aromatic carbocycles. The van der Waals surface area contributed by atoms with E-state index in [9.17, 15) is 9.18 Å². The first-order valence-corrected chi connectivity index (χ1v) is 6.67. The fourth-order valence-electron chi connectivity index (χ4n) is 2.37. The van der Waals surface area contributed by atoms with Gasteiger partial charge in [0.05, 0.1) is 5.02 Å². The van der Waals surface area contributed by atoms with Crippen LogP contribution in [0.5, 0.6) is 0 Å². The molecule has 2 rings (SSSR count). The topological polar surface area (TPSA) is 20.3 Å². The largest absolute Gasteiger partial charge is 0.299 e. The number of ketones is 1. The minimum absolute atomic E-state index is 0.148. The first-order chi connectivity index (χ1) is 8.60. The second-order valence-electron chi connectivity index (χ2n) is 4.81. The summed E-state index contributed by atoms with van der Waals surface area (Å²) >= 11 is 5.76. The van der Waals surface area contributed by atoms with Crippen molar-refractivity contribution in [1.82, 2.24) is 4.90 Å². The van der Waals surface area contributed by atoms with Crippen LogP contribution in [0, 0.1) is 11.7 Å². The summed E-state index contributed by atoms with van der Waals surface area (Å²) < 4.78 is 13.1. The van der Waals surface area contributed by atoms with Crippen molar-refractivity contribution in [1.29, 1.82) is 0 Å². The van der Waals surface area contributed by atoms with Gasteiger partial charge in [-0.3, -0.25) is 9.69 Å². The van der Waals surface area contributed by atoms with Gasteiger partial charge in [0.15, 0.2) is 0 Å². The Balaban J connectivity index is 2.01. The molecule has 0 aliphatic carbocycles. The van der Waals surface area contributed by atoms with Crippen LogP contribution in [0.1, 0.15) is 25.3 Å². The molecule has 0 amide bonds. The van der Waals surface area contributed by atoms with Crippen molar-refractivity contribution in [3.8, 4) is 0 Å². The van der Waals surface area contributed by atoms with E-state index in [1.54, 1.807) is 12.1 Å². The fourth-order valence-corrected chi connectivity index (χ4v) is 2.58. The van der Waals surface area contributed by atoms with Crippen molar-refractivity contribution in [3.05, 3.63) is 34.6 Å². The monoisotopic (exact) mass is 269 g/mol. The Morgan fingerprint density at radius 3 is 2.94 bits per heavy atom. The summed E-state index contributed by atoms with van der Waals surface area (Å²) in [6.45, 7) is 4.35. The number of likely N-dealkylation sites (tertiary alicyclic amines) is 1. The standard InChI is InChI=1S/C14H17ClFNO/c1-2-11-9-17(6-5-14(11)18)8-10-3-4-13(16)12(15)7-10/h3-4,7,11H,2,5-6,8-9H2,1H3. The van der Waals surface area contributed by atoms with Gasteiger partial charge in [-0.1, -0.05) is 24.6 Å². The van der Waals surface area contributed by atoms with Crippen LogP contribution in [-0.2, 0) is 11.3 Å². The van der Waals surface area contributed by atoms with Gasteiger partial charge in [0.1, 0.15) is 11.6 Å². The summed E-state index contributed by atoms with van der Waals surface area (Å²) in [7, 11) is 0. The van der Waals surface area contributed by atoms with Gasteiger partial charge < -0.3 is 0 Å². The van der Waals surface area contributed by atoms with E-state index < -0.39 is 0 Å². The number of carbonyl (C=O) groups excluding carboxylic acids is 1. The average Bonchev–Trinajstić information content (AvgIpc) is 2.36. The zero-order chi connectivity index (χ0) is 13.1.